The Bertz CT molecular complexity index is 1350. The molecule has 3 aromatic heterocycles. The fourth-order valence-electron chi connectivity index (χ4n) is 4.69. The second-order valence-corrected chi connectivity index (χ2v) is 9.68. The van der Waals surface area contributed by atoms with Gasteiger partial charge >= 0.3 is 11.6 Å². The number of aromatic nitrogens is 5. The lowest BCUT2D eigenvalue weighted by molar-refractivity contribution is -0.347. The van der Waals surface area contributed by atoms with Crippen molar-refractivity contribution >= 4 is 34.5 Å². The molecule has 4 aromatic rings. The van der Waals surface area contributed by atoms with E-state index in [-0.39, 0.29) is 5.91 Å². The molecule has 5 rings (SSSR count). The minimum absolute atomic E-state index is 0.0820. The van der Waals surface area contributed by atoms with E-state index in [4.69, 9.17) is 9.72 Å². The van der Waals surface area contributed by atoms with Gasteiger partial charge in [0.15, 0.2) is 12.1 Å². The number of anilines is 3. The molecule has 5 N–H and O–H groups in total. The van der Waals surface area contributed by atoms with Crippen LogP contribution in [0.2, 0.25) is 0 Å². The van der Waals surface area contributed by atoms with Gasteiger partial charge in [-0.05, 0) is 68.5 Å². The second kappa shape index (κ2) is 12.4. The fraction of sp³-hybridized carbons (Fsp3) is 0.393. The quantitative estimate of drug-likeness (QED) is 0.216. The summed E-state index contributed by atoms with van der Waals surface area (Å²) in [5.41, 5.74) is 4.23. The Morgan fingerprint density at radius 3 is 2.76 bits per heavy atom. The minimum Gasteiger partial charge on any atom is -0.494 e. The lowest BCUT2D eigenvalue weighted by atomic mass is 9.95. The lowest BCUT2D eigenvalue weighted by Gasteiger charge is -2.23. The van der Waals surface area contributed by atoms with E-state index < -0.39 is 0 Å². The number of H-pyrrole nitrogens is 2. The standard InChI is InChI=1S/C28H34N8O2/c1-19-17-22(38-16-6-5-13-30-27(37)20-11-14-29-15-12-20)9-10-23(19)34-28-35-25-24(31-18-32-25)26(36-28)33-21-7-3-2-4-8-21/h9-12,14-15,17-18,21H,2-8,13,16H2,1H3,(H,30,37)(H3,31,32,33,34,35,36)/p+1. The smallest absolute Gasteiger partial charge is 0.307 e. The highest BCUT2D eigenvalue weighted by molar-refractivity contribution is 5.93. The molecule has 198 valence electrons. The van der Waals surface area contributed by atoms with E-state index in [0.717, 1.165) is 46.8 Å². The van der Waals surface area contributed by atoms with Crippen molar-refractivity contribution in [2.75, 3.05) is 23.8 Å². The van der Waals surface area contributed by atoms with Crippen molar-refractivity contribution in [3.8, 4) is 5.75 Å². The minimum atomic E-state index is -0.0820. The molecule has 0 spiro atoms. The molecule has 1 aromatic carbocycles. The molecule has 0 unspecified atom stereocenters. The highest BCUT2D eigenvalue weighted by Crippen LogP contribution is 2.27. The monoisotopic (exact) mass is 515 g/mol. The van der Waals surface area contributed by atoms with Crippen LogP contribution >= 0.6 is 0 Å². The molecule has 1 saturated carbocycles. The Hall–Kier alpha value is -4.21. The van der Waals surface area contributed by atoms with Gasteiger partial charge < -0.3 is 20.7 Å². The third-order valence-corrected chi connectivity index (χ3v) is 6.79. The van der Waals surface area contributed by atoms with Gasteiger partial charge in [-0.3, -0.25) is 14.8 Å². The molecule has 1 aliphatic rings. The van der Waals surface area contributed by atoms with E-state index in [0.29, 0.717) is 30.7 Å². The number of nitrogens with one attached hydrogen (secondary N) is 5. The summed E-state index contributed by atoms with van der Waals surface area (Å²) in [7, 11) is 0. The summed E-state index contributed by atoms with van der Waals surface area (Å²) < 4.78 is 5.94. The van der Waals surface area contributed by atoms with Crippen LogP contribution in [0.3, 0.4) is 0 Å². The maximum atomic E-state index is 12.1. The van der Waals surface area contributed by atoms with E-state index in [1.54, 1.807) is 30.9 Å². The van der Waals surface area contributed by atoms with Crippen molar-refractivity contribution in [1.82, 2.24) is 25.3 Å². The lowest BCUT2D eigenvalue weighted by Crippen LogP contribution is -2.24. The topological polar surface area (TPSA) is 131 Å². The van der Waals surface area contributed by atoms with Gasteiger partial charge in [0.1, 0.15) is 5.75 Å². The average molecular weight is 516 g/mol. The van der Waals surface area contributed by atoms with Crippen LogP contribution in [0.4, 0.5) is 17.5 Å². The number of nitrogens with zero attached hydrogens (tertiary/aromatic N) is 3. The number of hydrogen-bond donors (Lipinski definition) is 4. The summed E-state index contributed by atoms with van der Waals surface area (Å²) >= 11 is 0. The predicted molar refractivity (Wildman–Crippen MR) is 147 cm³/mol. The molecule has 0 saturated heterocycles. The van der Waals surface area contributed by atoms with Gasteiger partial charge in [-0.1, -0.05) is 24.2 Å². The first-order chi connectivity index (χ1) is 18.7. The molecule has 0 atom stereocenters. The van der Waals surface area contributed by atoms with Crippen molar-refractivity contribution in [3.05, 3.63) is 60.2 Å². The number of aryl methyl sites for hydroxylation is 1. The zero-order valence-corrected chi connectivity index (χ0v) is 21.7. The maximum Gasteiger partial charge on any atom is 0.307 e. The van der Waals surface area contributed by atoms with Crippen molar-refractivity contribution in [1.29, 1.82) is 0 Å². The number of amides is 1. The van der Waals surface area contributed by atoms with Crippen LogP contribution in [0.5, 0.6) is 5.75 Å². The van der Waals surface area contributed by atoms with Crippen molar-refractivity contribution in [2.45, 2.75) is 57.9 Å². The molecular formula is C28H35N8O2+. The molecule has 1 amide bonds. The van der Waals surface area contributed by atoms with Gasteiger partial charge in [0.05, 0.1) is 6.61 Å². The van der Waals surface area contributed by atoms with E-state index in [1.807, 2.05) is 25.1 Å². The Kier molecular flexibility index (Phi) is 8.27. The summed E-state index contributed by atoms with van der Waals surface area (Å²) in [6.45, 7) is 3.22. The highest BCUT2D eigenvalue weighted by atomic mass is 16.5. The van der Waals surface area contributed by atoms with Crippen LogP contribution in [0, 0.1) is 6.92 Å². The summed E-state index contributed by atoms with van der Waals surface area (Å²) in [4.78, 5) is 31.8. The molecule has 0 aliphatic heterocycles. The van der Waals surface area contributed by atoms with Crippen LogP contribution in [0.1, 0.15) is 60.9 Å². The van der Waals surface area contributed by atoms with E-state index in [1.165, 1.54) is 32.1 Å². The largest absolute Gasteiger partial charge is 0.494 e. The number of rotatable bonds is 11. The summed E-state index contributed by atoms with van der Waals surface area (Å²) in [5.74, 6) is 2.09. The maximum absolute atomic E-state index is 12.1. The van der Waals surface area contributed by atoms with Crippen molar-refractivity contribution < 1.29 is 14.5 Å². The molecule has 10 heteroatoms. The number of pyridine rings is 1. The number of unbranched alkanes of at least 4 members (excludes halogenated alkanes) is 1. The molecule has 0 bridgehead atoms. The van der Waals surface area contributed by atoms with Gasteiger partial charge in [-0.25, -0.2) is 4.98 Å². The molecule has 1 fully saturated rings. The summed E-state index contributed by atoms with van der Waals surface area (Å²) in [6, 6.07) is 9.79. The fourth-order valence-corrected chi connectivity index (χ4v) is 4.69. The third kappa shape index (κ3) is 6.56. The van der Waals surface area contributed by atoms with E-state index >= 15 is 0 Å². The molecular weight excluding hydrogens is 480 g/mol. The molecule has 1 aliphatic carbocycles. The number of ether oxygens (including phenoxy) is 1. The Morgan fingerprint density at radius 1 is 1.11 bits per heavy atom. The first-order valence-electron chi connectivity index (χ1n) is 13.4. The first-order valence-corrected chi connectivity index (χ1v) is 13.4. The highest BCUT2D eigenvalue weighted by Gasteiger charge is 2.20. The Labute approximate surface area is 222 Å². The zero-order valence-electron chi connectivity index (χ0n) is 21.7. The number of benzene rings is 1. The Balaban J connectivity index is 1.12. The molecule has 38 heavy (non-hydrogen) atoms. The molecule has 3 heterocycles. The van der Waals surface area contributed by atoms with Crippen LogP contribution in [-0.4, -0.2) is 45.0 Å². The average Bonchev–Trinajstić information content (AvgIpc) is 3.42. The van der Waals surface area contributed by atoms with Crippen LogP contribution in [-0.2, 0) is 0 Å². The van der Waals surface area contributed by atoms with Gasteiger partial charge in [0.2, 0.25) is 5.52 Å². The van der Waals surface area contributed by atoms with E-state index in [2.05, 4.69) is 35.9 Å². The Morgan fingerprint density at radius 2 is 1.95 bits per heavy atom. The second-order valence-electron chi connectivity index (χ2n) is 9.68. The van der Waals surface area contributed by atoms with Crippen LogP contribution < -0.4 is 25.7 Å². The normalized spacial score (nSPS) is 13.8. The number of imidazole rings is 1. The first kappa shape index (κ1) is 25.4. The predicted octanol–water partition coefficient (Wildman–Crippen LogP) is 4.55. The van der Waals surface area contributed by atoms with Gasteiger partial charge in [-0.15, -0.1) is 0 Å². The zero-order chi connectivity index (χ0) is 26.2. The summed E-state index contributed by atoms with van der Waals surface area (Å²) in [5, 5.41) is 9.92. The number of carbonyl (C=O) groups excluding carboxylic acids is 1. The van der Waals surface area contributed by atoms with Gasteiger partial charge in [0, 0.05) is 36.2 Å². The van der Waals surface area contributed by atoms with Crippen molar-refractivity contribution in [3.63, 3.8) is 0 Å². The third-order valence-electron chi connectivity index (χ3n) is 6.79. The van der Waals surface area contributed by atoms with Crippen LogP contribution in [0.25, 0.3) is 11.2 Å². The molecule has 10 nitrogen and oxygen atoms in total. The number of aromatic amines is 2. The number of hydrogen-bond acceptors (Lipinski definition) is 7. The summed E-state index contributed by atoms with van der Waals surface area (Å²) in [6.07, 6.45) is 12.8. The number of carbonyl (C=O) groups is 1. The van der Waals surface area contributed by atoms with E-state index in [9.17, 15) is 4.79 Å². The van der Waals surface area contributed by atoms with Gasteiger partial charge in [0.25, 0.3) is 5.91 Å². The SMILES string of the molecule is Cc1cc(OCCCCNC(=O)c2ccncc2)ccc1Nc1nc(NC2CCCCC2)c2[nH]c[nH+]c2n1. The van der Waals surface area contributed by atoms with Gasteiger partial charge in [-0.2, -0.15) is 4.98 Å². The van der Waals surface area contributed by atoms with Crippen molar-refractivity contribution in [2.24, 2.45) is 0 Å². The molecule has 0 radical (unpaired) electrons. The van der Waals surface area contributed by atoms with Crippen LogP contribution in [0.15, 0.2) is 49.1 Å². The number of fused-ring (bicyclic) bond motifs is 1.